The first-order chi connectivity index (χ1) is 17.4. The normalized spacial score (nSPS) is 14.7. The SMILES string of the molecule is CCN1C(=O)CCC(C)(C)c2ccc(Nc3ncc(Cl)c(Nc4c(C(N)=O)cc(F)c(C)c4F)n3)cc21. The summed E-state index contributed by atoms with van der Waals surface area (Å²) < 4.78 is 28.9. The van der Waals surface area contributed by atoms with Crippen molar-refractivity contribution in [2.45, 2.75) is 46.0 Å². The molecule has 0 saturated carbocycles. The van der Waals surface area contributed by atoms with Gasteiger partial charge in [-0.1, -0.05) is 31.5 Å². The van der Waals surface area contributed by atoms with Gasteiger partial charge in [0.15, 0.2) is 11.6 Å². The van der Waals surface area contributed by atoms with Crippen molar-refractivity contribution in [1.82, 2.24) is 9.97 Å². The third kappa shape index (κ3) is 5.06. The lowest BCUT2D eigenvalue weighted by Crippen LogP contribution is -2.29. The lowest BCUT2D eigenvalue weighted by Gasteiger charge is -2.27. The van der Waals surface area contributed by atoms with Gasteiger partial charge in [-0.05, 0) is 49.4 Å². The van der Waals surface area contributed by atoms with E-state index in [9.17, 15) is 18.4 Å². The van der Waals surface area contributed by atoms with Crippen molar-refractivity contribution in [3.8, 4) is 0 Å². The fraction of sp³-hybridized carbons (Fsp3) is 0.308. The summed E-state index contributed by atoms with van der Waals surface area (Å²) in [6, 6.07) is 6.56. The number of carbonyl (C=O) groups excluding carboxylic acids is 2. The molecule has 1 aliphatic rings. The summed E-state index contributed by atoms with van der Waals surface area (Å²) in [6.07, 6.45) is 2.50. The number of rotatable bonds is 6. The molecule has 8 nitrogen and oxygen atoms in total. The van der Waals surface area contributed by atoms with E-state index in [4.69, 9.17) is 17.3 Å². The van der Waals surface area contributed by atoms with Crippen molar-refractivity contribution in [2.24, 2.45) is 5.73 Å². The number of benzene rings is 2. The Balaban J connectivity index is 1.70. The molecule has 4 N–H and O–H groups in total. The molecule has 194 valence electrons. The topological polar surface area (TPSA) is 113 Å². The average Bonchev–Trinajstić information content (AvgIpc) is 2.94. The van der Waals surface area contributed by atoms with Crippen LogP contribution in [0.4, 0.5) is 37.6 Å². The van der Waals surface area contributed by atoms with Crippen molar-refractivity contribution < 1.29 is 18.4 Å². The molecule has 0 bridgehead atoms. The van der Waals surface area contributed by atoms with Crippen LogP contribution >= 0.6 is 11.6 Å². The maximum atomic E-state index is 14.9. The van der Waals surface area contributed by atoms with Crippen LogP contribution in [0.2, 0.25) is 5.02 Å². The number of nitrogens with two attached hydrogens (primary N) is 1. The first-order valence-electron chi connectivity index (χ1n) is 11.7. The van der Waals surface area contributed by atoms with Crippen LogP contribution in [0.25, 0.3) is 0 Å². The number of primary amides is 1. The van der Waals surface area contributed by atoms with Crippen LogP contribution in [0.5, 0.6) is 0 Å². The van der Waals surface area contributed by atoms with E-state index in [1.54, 1.807) is 4.90 Å². The maximum Gasteiger partial charge on any atom is 0.251 e. The first kappa shape index (κ1) is 26.3. The molecule has 0 radical (unpaired) electrons. The Labute approximate surface area is 218 Å². The molecule has 2 aromatic carbocycles. The summed E-state index contributed by atoms with van der Waals surface area (Å²) in [5, 5.41) is 5.78. The van der Waals surface area contributed by atoms with E-state index in [2.05, 4.69) is 34.4 Å². The highest BCUT2D eigenvalue weighted by molar-refractivity contribution is 6.33. The predicted octanol–water partition coefficient (Wildman–Crippen LogP) is 5.73. The molecule has 0 fully saturated rings. The minimum Gasteiger partial charge on any atom is -0.366 e. The number of hydrogen-bond donors (Lipinski definition) is 3. The number of hydrogen-bond acceptors (Lipinski definition) is 6. The Morgan fingerprint density at radius 3 is 2.65 bits per heavy atom. The Morgan fingerprint density at radius 2 is 1.97 bits per heavy atom. The Bertz CT molecular complexity index is 1410. The zero-order valence-corrected chi connectivity index (χ0v) is 21.6. The number of nitrogens with zero attached hydrogens (tertiary/aromatic N) is 3. The van der Waals surface area contributed by atoms with Gasteiger partial charge in [-0.2, -0.15) is 4.98 Å². The van der Waals surface area contributed by atoms with Crippen LogP contribution in [0.3, 0.4) is 0 Å². The van der Waals surface area contributed by atoms with Crippen molar-refractivity contribution in [1.29, 1.82) is 0 Å². The van der Waals surface area contributed by atoms with Crippen molar-refractivity contribution in [3.05, 3.63) is 63.8 Å². The maximum absolute atomic E-state index is 14.9. The zero-order valence-electron chi connectivity index (χ0n) is 20.9. The van der Waals surface area contributed by atoms with Gasteiger partial charge in [-0.15, -0.1) is 0 Å². The summed E-state index contributed by atoms with van der Waals surface area (Å²) in [5.74, 6) is -2.76. The molecule has 0 aliphatic carbocycles. The quantitative estimate of drug-likeness (QED) is 0.377. The zero-order chi connectivity index (χ0) is 27.1. The molecule has 2 amide bonds. The van der Waals surface area contributed by atoms with E-state index >= 15 is 0 Å². The second-order valence-electron chi connectivity index (χ2n) is 9.48. The molecule has 1 aliphatic heterocycles. The van der Waals surface area contributed by atoms with E-state index in [1.807, 2.05) is 25.1 Å². The van der Waals surface area contributed by atoms with Crippen LogP contribution < -0.4 is 21.3 Å². The Kier molecular flexibility index (Phi) is 7.05. The number of halogens is 3. The molecule has 2 heterocycles. The lowest BCUT2D eigenvalue weighted by atomic mass is 9.80. The third-order valence-electron chi connectivity index (χ3n) is 6.56. The fourth-order valence-corrected chi connectivity index (χ4v) is 4.51. The van der Waals surface area contributed by atoms with E-state index < -0.39 is 17.5 Å². The molecular formula is C26H27ClF2N6O2. The van der Waals surface area contributed by atoms with Crippen LogP contribution in [-0.4, -0.2) is 28.3 Å². The number of amides is 2. The van der Waals surface area contributed by atoms with Gasteiger partial charge in [0, 0.05) is 29.9 Å². The molecule has 0 saturated heterocycles. The summed E-state index contributed by atoms with van der Waals surface area (Å²) in [5.41, 5.74) is 6.61. The van der Waals surface area contributed by atoms with Crippen LogP contribution in [0, 0.1) is 18.6 Å². The summed E-state index contributed by atoms with van der Waals surface area (Å²) in [7, 11) is 0. The number of nitrogens with one attached hydrogen (secondary N) is 2. The predicted molar refractivity (Wildman–Crippen MR) is 140 cm³/mol. The van der Waals surface area contributed by atoms with Gasteiger partial charge in [0.1, 0.15) is 10.8 Å². The molecular weight excluding hydrogens is 502 g/mol. The highest BCUT2D eigenvalue weighted by atomic mass is 35.5. The third-order valence-corrected chi connectivity index (χ3v) is 6.83. The number of fused-ring (bicyclic) bond motifs is 1. The Hall–Kier alpha value is -3.79. The van der Waals surface area contributed by atoms with Gasteiger partial charge in [0.2, 0.25) is 11.9 Å². The van der Waals surface area contributed by atoms with Gasteiger partial charge in [0.25, 0.3) is 5.91 Å². The smallest absolute Gasteiger partial charge is 0.251 e. The van der Waals surface area contributed by atoms with E-state index in [1.165, 1.54) is 13.1 Å². The second kappa shape index (κ2) is 9.93. The Morgan fingerprint density at radius 1 is 1.24 bits per heavy atom. The van der Waals surface area contributed by atoms with Crippen LogP contribution in [-0.2, 0) is 10.2 Å². The van der Waals surface area contributed by atoms with E-state index in [-0.39, 0.29) is 44.9 Å². The monoisotopic (exact) mass is 528 g/mol. The first-order valence-corrected chi connectivity index (χ1v) is 12.1. The molecule has 11 heteroatoms. The molecule has 1 aromatic heterocycles. The van der Waals surface area contributed by atoms with E-state index in [0.29, 0.717) is 18.7 Å². The highest BCUT2D eigenvalue weighted by Gasteiger charge is 2.32. The minimum atomic E-state index is -1.02. The molecule has 0 spiro atoms. The van der Waals surface area contributed by atoms with Gasteiger partial charge >= 0.3 is 0 Å². The van der Waals surface area contributed by atoms with Crippen molar-refractivity contribution in [2.75, 3.05) is 22.1 Å². The van der Waals surface area contributed by atoms with Crippen LogP contribution in [0.1, 0.15) is 55.1 Å². The number of carbonyl (C=O) groups is 2. The lowest BCUT2D eigenvalue weighted by molar-refractivity contribution is -0.118. The van der Waals surface area contributed by atoms with Crippen molar-refractivity contribution >= 4 is 52.2 Å². The van der Waals surface area contributed by atoms with Gasteiger partial charge < -0.3 is 21.3 Å². The number of aromatic nitrogens is 2. The summed E-state index contributed by atoms with van der Waals surface area (Å²) in [6.45, 7) is 7.92. The molecule has 0 unspecified atom stereocenters. The largest absolute Gasteiger partial charge is 0.366 e. The van der Waals surface area contributed by atoms with Crippen molar-refractivity contribution in [3.63, 3.8) is 0 Å². The molecule has 0 atom stereocenters. The summed E-state index contributed by atoms with van der Waals surface area (Å²) in [4.78, 5) is 34.8. The van der Waals surface area contributed by atoms with Gasteiger partial charge in [-0.25, -0.2) is 13.8 Å². The molecule has 37 heavy (non-hydrogen) atoms. The minimum absolute atomic E-state index is 0.0205. The van der Waals surface area contributed by atoms with Gasteiger partial charge in [-0.3, -0.25) is 9.59 Å². The fourth-order valence-electron chi connectivity index (χ4n) is 4.37. The van der Waals surface area contributed by atoms with Gasteiger partial charge in [0.05, 0.1) is 17.4 Å². The summed E-state index contributed by atoms with van der Waals surface area (Å²) >= 11 is 6.23. The number of anilines is 5. The second-order valence-corrected chi connectivity index (χ2v) is 9.89. The molecule has 4 rings (SSSR count). The molecule has 3 aromatic rings. The van der Waals surface area contributed by atoms with E-state index in [0.717, 1.165) is 23.7 Å². The highest BCUT2D eigenvalue weighted by Crippen LogP contribution is 2.41. The standard InChI is InChI=1S/C26H27ClF2N6O2/c1-5-35-19-10-14(6-7-16(19)26(3,4)9-8-20(35)36)32-25-31-12-17(27)24(34-25)33-22-15(23(30)37)11-18(28)13(2)21(22)29/h6-7,10-12H,5,8-9H2,1-4H3,(H2,30,37)(H2,31,32,33,34). The van der Waals surface area contributed by atoms with Crippen LogP contribution in [0.15, 0.2) is 30.5 Å². The average molecular weight is 529 g/mol.